The van der Waals surface area contributed by atoms with E-state index in [0.29, 0.717) is 19.4 Å². The summed E-state index contributed by atoms with van der Waals surface area (Å²) in [6.45, 7) is 0.554. The van der Waals surface area contributed by atoms with Crippen molar-refractivity contribution >= 4 is 23.6 Å². The Morgan fingerprint density at radius 3 is 2.40 bits per heavy atom. The van der Waals surface area contributed by atoms with E-state index < -0.39 is 12.1 Å². The third-order valence-electron chi connectivity index (χ3n) is 4.76. The molecular formula is C23H31N3O3S. The number of aryl methyl sites for hydroxylation is 1. The van der Waals surface area contributed by atoms with Gasteiger partial charge in [0, 0.05) is 6.54 Å². The third kappa shape index (κ3) is 8.47. The first-order valence-electron chi connectivity index (χ1n) is 10.1. The van der Waals surface area contributed by atoms with Gasteiger partial charge in [-0.1, -0.05) is 42.5 Å². The fourth-order valence-electron chi connectivity index (χ4n) is 3.03. The lowest BCUT2D eigenvalue weighted by Gasteiger charge is -2.20. The van der Waals surface area contributed by atoms with Gasteiger partial charge in [0.15, 0.2) is 0 Å². The number of aromatic hydroxyl groups is 1. The number of thioether (sulfide) groups is 1. The molecule has 7 heteroatoms. The zero-order chi connectivity index (χ0) is 21.8. The molecule has 2 amide bonds. The van der Waals surface area contributed by atoms with E-state index in [1.807, 2.05) is 24.5 Å². The van der Waals surface area contributed by atoms with Crippen LogP contribution >= 0.6 is 11.8 Å². The van der Waals surface area contributed by atoms with Crippen molar-refractivity contribution in [1.82, 2.24) is 10.6 Å². The minimum atomic E-state index is -0.766. The van der Waals surface area contributed by atoms with Crippen LogP contribution in [0.5, 0.6) is 5.75 Å². The molecule has 0 bridgehead atoms. The summed E-state index contributed by atoms with van der Waals surface area (Å²) in [6.07, 6.45) is 4.57. The van der Waals surface area contributed by atoms with E-state index in [1.165, 1.54) is 5.56 Å². The van der Waals surface area contributed by atoms with Gasteiger partial charge in [-0.25, -0.2) is 0 Å². The highest BCUT2D eigenvalue weighted by Crippen LogP contribution is 2.11. The lowest BCUT2D eigenvalue weighted by atomic mass is 10.1. The maximum absolute atomic E-state index is 12.6. The van der Waals surface area contributed by atoms with E-state index >= 15 is 0 Å². The van der Waals surface area contributed by atoms with Crippen LogP contribution in [0.4, 0.5) is 0 Å². The third-order valence-corrected chi connectivity index (χ3v) is 5.40. The molecule has 162 valence electrons. The van der Waals surface area contributed by atoms with Crippen LogP contribution in [-0.4, -0.2) is 47.6 Å². The van der Waals surface area contributed by atoms with Gasteiger partial charge in [-0.05, 0) is 61.0 Å². The Balaban J connectivity index is 1.82. The average molecular weight is 430 g/mol. The Morgan fingerprint density at radius 1 is 1.03 bits per heavy atom. The Morgan fingerprint density at radius 2 is 1.73 bits per heavy atom. The van der Waals surface area contributed by atoms with Crippen LogP contribution < -0.4 is 16.4 Å². The first kappa shape index (κ1) is 23.8. The largest absolute Gasteiger partial charge is 0.508 e. The van der Waals surface area contributed by atoms with Crippen LogP contribution in [0.15, 0.2) is 54.6 Å². The lowest BCUT2D eigenvalue weighted by molar-refractivity contribution is -0.129. The van der Waals surface area contributed by atoms with Gasteiger partial charge < -0.3 is 21.5 Å². The summed E-state index contributed by atoms with van der Waals surface area (Å²) >= 11 is 1.63. The van der Waals surface area contributed by atoms with Crippen LogP contribution in [0.3, 0.4) is 0 Å². The fraction of sp³-hybridized carbons (Fsp3) is 0.391. The smallest absolute Gasteiger partial charge is 0.242 e. The van der Waals surface area contributed by atoms with Crippen molar-refractivity contribution in [2.75, 3.05) is 18.6 Å². The molecule has 5 N–H and O–H groups in total. The molecule has 2 atom stereocenters. The zero-order valence-electron chi connectivity index (χ0n) is 17.3. The zero-order valence-corrected chi connectivity index (χ0v) is 18.2. The van der Waals surface area contributed by atoms with Crippen LogP contribution in [0.25, 0.3) is 0 Å². The first-order valence-corrected chi connectivity index (χ1v) is 11.5. The van der Waals surface area contributed by atoms with E-state index in [1.54, 1.807) is 36.0 Å². The van der Waals surface area contributed by atoms with E-state index in [9.17, 15) is 14.7 Å². The molecule has 2 aromatic rings. The molecule has 30 heavy (non-hydrogen) atoms. The van der Waals surface area contributed by atoms with Crippen LogP contribution in [0.1, 0.15) is 24.0 Å². The van der Waals surface area contributed by atoms with Crippen molar-refractivity contribution < 1.29 is 14.7 Å². The molecule has 0 aliphatic heterocycles. The highest BCUT2D eigenvalue weighted by Gasteiger charge is 2.23. The Labute approximate surface area is 182 Å². The molecule has 6 nitrogen and oxygen atoms in total. The summed E-state index contributed by atoms with van der Waals surface area (Å²) in [7, 11) is 0. The second kappa shape index (κ2) is 12.9. The van der Waals surface area contributed by atoms with Crippen molar-refractivity contribution in [3.63, 3.8) is 0 Å². The number of amides is 2. The maximum atomic E-state index is 12.6. The molecule has 2 aromatic carbocycles. The number of carbonyl (C=O) groups is 2. The molecular weight excluding hydrogens is 398 g/mol. The lowest BCUT2D eigenvalue weighted by Crippen LogP contribution is -2.52. The number of rotatable bonds is 12. The maximum Gasteiger partial charge on any atom is 0.242 e. The minimum absolute atomic E-state index is 0.165. The second-order valence-corrected chi connectivity index (χ2v) is 8.19. The molecule has 0 aromatic heterocycles. The highest BCUT2D eigenvalue weighted by atomic mass is 32.2. The number of nitrogens with two attached hydrogens (primary N) is 1. The van der Waals surface area contributed by atoms with Gasteiger partial charge in [0.1, 0.15) is 11.8 Å². The monoisotopic (exact) mass is 429 g/mol. The minimum Gasteiger partial charge on any atom is -0.508 e. The highest BCUT2D eigenvalue weighted by molar-refractivity contribution is 7.98. The summed E-state index contributed by atoms with van der Waals surface area (Å²) in [5.41, 5.74) is 8.12. The molecule has 1 unspecified atom stereocenters. The molecule has 0 radical (unpaired) electrons. The van der Waals surface area contributed by atoms with Gasteiger partial charge in [-0.3, -0.25) is 9.59 Å². The SMILES string of the molecule is CSCC[C@H](NC(=O)C(N)Cc1ccc(O)cc1)C(=O)NCCCc1ccccc1. The summed E-state index contributed by atoms with van der Waals surface area (Å²) in [5, 5.41) is 15.1. The van der Waals surface area contributed by atoms with Gasteiger partial charge in [-0.2, -0.15) is 11.8 Å². The molecule has 0 aliphatic carbocycles. The van der Waals surface area contributed by atoms with Crippen molar-refractivity contribution in [2.45, 2.75) is 37.8 Å². The van der Waals surface area contributed by atoms with Crippen LogP contribution in [0, 0.1) is 0 Å². The van der Waals surface area contributed by atoms with Gasteiger partial charge in [0.05, 0.1) is 6.04 Å². The quantitative estimate of drug-likeness (QED) is 0.388. The Kier molecular flexibility index (Phi) is 10.2. The van der Waals surface area contributed by atoms with Crippen molar-refractivity contribution in [2.24, 2.45) is 5.73 Å². The number of hydrogen-bond donors (Lipinski definition) is 4. The topological polar surface area (TPSA) is 104 Å². The normalized spacial score (nSPS) is 12.7. The summed E-state index contributed by atoms with van der Waals surface area (Å²) in [6, 6.07) is 15.3. The first-order chi connectivity index (χ1) is 14.5. The van der Waals surface area contributed by atoms with E-state index in [-0.39, 0.29) is 17.6 Å². The number of carbonyl (C=O) groups excluding carboxylic acids is 2. The Bertz CT molecular complexity index is 784. The summed E-state index contributed by atoms with van der Waals surface area (Å²) < 4.78 is 0. The van der Waals surface area contributed by atoms with E-state index in [0.717, 1.165) is 24.2 Å². The van der Waals surface area contributed by atoms with E-state index in [4.69, 9.17) is 5.73 Å². The fourth-order valence-corrected chi connectivity index (χ4v) is 3.51. The number of nitrogens with one attached hydrogen (secondary N) is 2. The molecule has 2 rings (SSSR count). The predicted octanol–water partition coefficient (Wildman–Crippen LogP) is 2.25. The molecule has 0 fully saturated rings. The van der Waals surface area contributed by atoms with Gasteiger partial charge in [0.25, 0.3) is 0 Å². The van der Waals surface area contributed by atoms with Crippen molar-refractivity contribution in [3.05, 3.63) is 65.7 Å². The molecule has 0 spiro atoms. The van der Waals surface area contributed by atoms with Gasteiger partial charge in [0.2, 0.25) is 11.8 Å². The van der Waals surface area contributed by atoms with Crippen LogP contribution in [0.2, 0.25) is 0 Å². The summed E-state index contributed by atoms with van der Waals surface area (Å²) in [4.78, 5) is 25.1. The van der Waals surface area contributed by atoms with Crippen LogP contribution in [-0.2, 0) is 22.4 Å². The number of phenols is 1. The Hall–Kier alpha value is -2.51. The molecule has 0 saturated heterocycles. The number of phenolic OH excluding ortho intramolecular Hbond substituents is 1. The molecule has 0 heterocycles. The van der Waals surface area contributed by atoms with Crippen molar-refractivity contribution in [3.8, 4) is 5.75 Å². The number of benzene rings is 2. The summed E-state index contributed by atoms with van der Waals surface area (Å²) in [5.74, 6) is 0.393. The van der Waals surface area contributed by atoms with Crippen molar-refractivity contribution in [1.29, 1.82) is 0 Å². The molecule has 0 saturated carbocycles. The van der Waals surface area contributed by atoms with Gasteiger partial charge in [-0.15, -0.1) is 0 Å². The predicted molar refractivity (Wildman–Crippen MR) is 122 cm³/mol. The second-order valence-electron chi connectivity index (χ2n) is 7.20. The average Bonchev–Trinajstić information content (AvgIpc) is 2.76. The number of hydrogen-bond acceptors (Lipinski definition) is 5. The van der Waals surface area contributed by atoms with E-state index in [2.05, 4.69) is 22.8 Å². The molecule has 0 aliphatic rings. The standard InChI is InChI=1S/C23H31N3O3S/c1-30-15-13-21(23(29)25-14-5-8-17-6-3-2-4-7-17)26-22(28)20(24)16-18-9-11-19(27)12-10-18/h2-4,6-7,9-12,20-21,27H,5,8,13-16,24H2,1H3,(H,25,29)(H,26,28)/t20?,21-/m0/s1. The van der Waals surface area contributed by atoms with Gasteiger partial charge >= 0.3 is 0 Å².